The predicted molar refractivity (Wildman–Crippen MR) is 110 cm³/mol. The molecule has 150 valence electrons. The molecule has 1 aliphatic heterocycles. The molecule has 4 heterocycles. The summed E-state index contributed by atoms with van der Waals surface area (Å²) in [6, 6.07) is 9.51. The van der Waals surface area contributed by atoms with Gasteiger partial charge in [-0.3, -0.25) is 0 Å². The summed E-state index contributed by atoms with van der Waals surface area (Å²) >= 11 is 0. The van der Waals surface area contributed by atoms with E-state index in [-0.39, 0.29) is 6.04 Å². The summed E-state index contributed by atoms with van der Waals surface area (Å²) in [5.74, 6) is 1.53. The van der Waals surface area contributed by atoms with Crippen molar-refractivity contribution in [2.45, 2.75) is 13.0 Å². The number of aromatic nitrogens is 5. The maximum atomic E-state index is 12.3. The minimum absolute atomic E-state index is 0.104. The minimum Gasteiger partial charge on any atom is -0.377 e. The van der Waals surface area contributed by atoms with Crippen LogP contribution in [0.25, 0.3) is 33.7 Å². The molecule has 1 unspecified atom stereocenters. The number of para-hydroxylation sites is 2. The second kappa shape index (κ2) is 6.53. The Labute approximate surface area is 167 Å². The van der Waals surface area contributed by atoms with E-state index in [2.05, 4.69) is 26.8 Å². The van der Waals surface area contributed by atoms with Gasteiger partial charge in [0, 0.05) is 12.7 Å². The first kappa shape index (κ1) is 18.1. The predicted octanol–water partition coefficient (Wildman–Crippen LogP) is 2.01. The number of nitrogens with one attached hydrogen (secondary N) is 1. The number of aromatic amines is 1. The van der Waals surface area contributed by atoms with E-state index in [1.807, 2.05) is 24.3 Å². The minimum atomic E-state index is -3.52. The summed E-state index contributed by atoms with van der Waals surface area (Å²) < 4.78 is 31.3. The van der Waals surface area contributed by atoms with Crippen LogP contribution in [-0.2, 0) is 14.8 Å². The van der Waals surface area contributed by atoms with Crippen molar-refractivity contribution in [3.63, 3.8) is 0 Å². The molecule has 0 bridgehead atoms. The number of hydrogen-bond acceptors (Lipinski definition) is 7. The van der Waals surface area contributed by atoms with Crippen molar-refractivity contribution in [3.05, 3.63) is 36.5 Å². The summed E-state index contributed by atoms with van der Waals surface area (Å²) in [6.45, 7) is 3.89. The van der Waals surface area contributed by atoms with E-state index in [0.29, 0.717) is 48.3 Å². The Morgan fingerprint density at radius 3 is 2.76 bits per heavy atom. The van der Waals surface area contributed by atoms with Crippen LogP contribution in [0.2, 0.25) is 0 Å². The van der Waals surface area contributed by atoms with Gasteiger partial charge in [0.2, 0.25) is 10.0 Å². The Hall–Kier alpha value is -2.98. The molecular weight excluding hydrogens is 392 g/mol. The van der Waals surface area contributed by atoms with E-state index in [1.54, 1.807) is 6.07 Å². The van der Waals surface area contributed by atoms with Crippen LogP contribution in [0.5, 0.6) is 0 Å². The monoisotopic (exact) mass is 412 g/mol. The third kappa shape index (κ3) is 3.04. The van der Waals surface area contributed by atoms with E-state index < -0.39 is 10.0 Å². The summed E-state index contributed by atoms with van der Waals surface area (Å²) in [6.07, 6.45) is 2.68. The highest BCUT2D eigenvalue weighted by atomic mass is 32.2. The molecule has 1 aliphatic rings. The van der Waals surface area contributed by atoms with Gasteiger partial charge in [0.1, 0.15) is 5.82 Å². The van der Waals surface area contributed by atoms with Crippen LogP contribution in [0.1, 0.15) is 6.92 Å². The van der Waals surface area contributed by atoms with Crippen LogP contribution in [-0.4, -0.2) is 64.4 Å². The molecule has 0 radical (unpaired) electrons. The Bertz CT molecular complexity index is 1290. The fraction of sp³-hybridized carbons (Fsp3) is 0.316. The molecular formula is C19H20N6O3S. The smallest absolute Gasteiger partial charge is 0.237 e. The molecule has 1 N–H and O–H groups in total. The first-order chi connectivity index (χ1) is 13.9. The van der Waals surface area contributed by atoms with Crippen LogP contribution in [0, 0.1) is 0 Å². The quantitative estimate of drug-likeness (QED) is 0.549. The lowest BCUT2D eigenvalue weighted by molar-refractivity contribution is 0.0987. The lowest BCUT2D eigenvalue weighted by Crippen LogP contribution is -2.44. The normalized spacial score (nSPS) is 18.0. The first-order valence-electron chi connectivity index (χ1n) is 9.31. The number of ether oxygens (including phenoxy) is 1. The topological polar surface area (TPSA) is 106 Å². The van der Waals surface area contributed by atoms with Crippen molar-refractivity contribution in [2.24, 2.45) is 0 Å². The highest BCUT2D eigenvalue weighted by molar-refractivity contribution is 7.89. The van der Waals surface area contributed by atoms with Gasteiger partial charge in [0.05, 0.1) is 41.9 Å². The third-order valence-electron chi connectivity index (χ3n) is 5.09. The molecule has 10 heteroatoms. The number of rotatable bonds is 3. The largest absolute Gasteiger partial charge is 0.377 e. The summed E-state index contributed by atoms with van der Waals surface area (Å²) in [5.41, 5.74) is 2.00. The second-order valence-electron chi connectivity index (χ2n) is 7.20. The number of benzene rings is 1. The zero-order valence-electron chi connectivity index (χ0n) is 16.0. The number of nitrogens with zero attached hydrogens (tertiary/aromatic N) is 5. The number of anilines is 1. The van der Waals surface area contributed by atoms with Gasteiger partial charge < -0.3 is 14.6 Å². The zero-order chi connectivity index (χ0) is 20.2. The average Bonchev–Trinajstić information content (AvgIpc) is 3.31. The summed E-state index contributed by atoms with van der Waals surface area (Å²) in [4.78, 5) is 19.3. The van der Waals surface area contributed by atoms with Gasteiger partial charge >= 0.3 is 0 Å². The van der Waals surface area contributed by atoms with Crippen molar-refractivity contribution >= 4 is 37.9 Å². The molecule has 4 aromatic rings. The van der Waals surface area contributed by atoms with Gasteiger partial charge in [0.15, 0.2) is 17.3 Å². The lowest BCUT2D eigenvalue weighted by atomic mass is 10.2. The van der Waals surface area contributed by atoms with Crippen molar-refractivity contribution < 1.29 is 13.2 Å². The molecule has 1 saturated heterocycles. The molecule has 0 saturated carbocycles. The summed E-state index contributed by atoms with van der Waals surface area (Å²) in [7, 11) is -3.52. The van der Waals surface area contributed by atoms with E-state index >= 15 is 0 Å². The highest BCUT2D eigenvalue weighted by Crippen LogP contribution is 2.31. The molecule has 0 aliphatic carbocycles. The van der Waals surface area contributed by atoms with Gasteiger partial charge in [-0.1, -0.05) is 12.1 Å². The molecule has 9 nitrogen and oxygen atoms in total. The van der Waals surface area contributed by atoms with Crippen LogP contribution in [0.3, 0.4) is 0 Å². The Balaban J connectivity index is 1.77. The van der Waals surface area contributed by atoms with Crippen LogP contribution in [0.4, 0.5) is 5.82 Å². The number of imidazole rings is 1. The number of hydrogen-bond donors (Lipinski definition) is 1. The Kier molecular flexibility index (Phi) is 4.07. The van der Waals surface area contributed by atoms with Gasteiger partial charge in [-0.15, -0.1) is 0 Å². The molecule has 1 fully saturated rings. The maximum absolute atomic E-state index is 12.3. The third-order valence-corrected chi connectivity index (χ3v) is 6.10. The fourth-order valence-electron chi connectivity index (χ4n) is 3.67. The molecule has 1 atom stereocenters. The van der Waals surface area contributed by atoms with E-state index in [9.17, 15) is 8.42 Å². The van der Waals surface area contributed by atoms with Crippen molar-refractivity contribution in [3.8, 4) is 11.6 Å². The van der Waals surface area contributed by atoms with E-state index in [1.165, 1.54) is 10.2 Å². The van der Waals surface area contributed by atoms with Crippen molar-refractivity contribution in [1.82, 2.24) is 23.9 Å². The number of fused-ring (bicyclic) bond motifs is 2. The van der Waals surface area contributed by atoms with Crippen LogP contribution < -0.4 is 4.90 Å². The molecule has 0 spiro atoms. The standard InChI is InChI=1S/C19H20N6O3S/c1-12-11-28-10-9-24(12)18-13-7-8-25(29(2,26)27)19(13)23-17(22-18)16-20-14-5-3-4-6-15(14)21-16/h3-8,12H,9-11H2,1-2H3,(H,20,21). The van der Waals surface area contributed by atoms with Crippen molar-refractivity contribution in [2.75, 3.05) is 30.9 Å². The molecule has 0 amide bonds. The molecule has 29 heavy (non-hydrogen) atoms. The van der Waals surface area contributed by atoms with Crippen LogP contribution >= 0.6 is 0 Å². The van der Waals surface area contributed by atoms with E-state index in [4.69, 9.17) is 9.72 Å². The van der Waals surface area contributed by atoms with Gasteiger partial charge in [-0.25, -0.2) is 27.3 Å². The maximum Gasteiger partial charge on any atom is 0.237 e. The number of morpholine rings is 1. The molecule has 5 rings (SSSR count). The Morgan fingerprint density at radius 2 is 2.00 bits per heavy atom. The lowest BCUT2D eigenvalue weighted by Gasteiger charge is -2.34. The fourth-order valence-corrected chi connectivity index (χ4v) is 4.40. The van der Waals surface area contributed by atoms with E-state index in [0.717, 1.165) is 17.3 Å². The molecule has 3 aromatic heterocycles. The van der Waals surface area contributed by atoms with Gasteiger partial charge in [0.25, 0.3) is 0 Å². The highest BCUT2D eigenvalue weighted by Gasteiger charge is 2.26. The SMILES string of the molecule is CC1COCCN1c1nc(-c2nc3ccccc3[nH]2)nc2c1ccn2S(C)(=O)=O. The average molecular weight is 412 g/mol. The van der Waals surface area contributed by atoms with Crippen LogP contribution in [0.15, 0.2) is 36.5 Å². The van der Waals surface area contributed by atoms with Gasteiger partial charge in [-0.2, -0.15) is 0 Å². The number of H-pyrrole nitrogens is 1. The molecule has 1 aromatic carbocycles. The summed E-state index contributed by atoms with van der Waals surface area (Å²) in [5, 5.41) is 0.684. The second-order valence-corrected chi connectivity index (χ2v) is 9.06. The first-order valence-corrected chi connectivity index (χ1v) is 11.2. The zero-order valence-corrected chi connectivity index (χ0v) is 16.8. The van der Waals surface area contributed by atoms with Gasteiger partial charge in [-0.05, 0) is 25.1 Å². The van der Waals surface area contributed by atoms with Crippen molar-refractivity contribution in [1.29, 1.82) is 0 Å². The Morgan fingerprint density at radius 1 is 1.17 bits per heavy atom.